The second kappa shape index (κ2) is 7.58. The smallest absolute Gasteiger partial charge is 0.233 e. The van der Waals surface area contributed by atoms with Crippen LogP contribution >= 0.6 is 23.1 Å². The lowest BCUT2D eigenvalue weighted by atomic mass is 10.2. The summed E-state index contributed by atoms with van der Waals surface area (Å²) in [4.78, 5) is 15.1. The first-order valence-corrected chi connectivity index (χ1v) is 10.2. The van der Waals surface area contributed by atoms with Crippen molar-refractivity contribution in [3.63, 3.8) is 0 Å². The van der Waals surface area contributed by atoms with Crippen LogP contribution in [0.15, 0.2) is 53.7 Å². The molecule has 1 amide bonds. The molecular weight excluding hydrogens is 380 g/mol. The summed E-state index contributed by atoms with van der Waals surface area (Å²) in [6.07, 6.45) is 0. The van der Waals surface area contributed by atoms with Crippen molar-refractivity contribution in [2.45, 2.75) is 11.7 Å². The molecule has 27 heavy (non-hydrogen) atoms. The number of nitrogens with zero attached hydrogens (tertiary/aromatic N) is 4. The zero-order valence-corrected chi connectivity index (χ0v) is 16.6. The summed E-state index contributed by atoms with van der Waals surface area (Å²) in [5.74, 6) is 1.17. The van der Waals surface area contributed by atoms with Gasteiger partial charge in [-0.05, 0) is 29.8 Å². The summed E-state index contributed by atoms with van der Waals surface area (Å²) in [7, 11) is 3.45. The number of thiazole rings is 1. The fourth-order valence-corrected chi connectivity index (χ4v) is 4.69. The van der Waals surface area contributed by atoms with Gasteiger partial charge in [-0.2, -0.15) is 0 Å². The van der Waals surface area contributed by atoms with Crippen molar-refractivity contribution < 1.29 is 9.53 Å². The minimum Gasteiger partial charge on any atom is -0.497 e. The molecule has 0 aliphatic heterocycles. The molecule has 0 unspecified atom stereocenters. The molecule has 2 aromatic heterocycles. The zero-order chi connectivity index (χ0) is 18.8. The minimum absolute atomic E-state index is 0.0482. The highest BCUT2D eigenvalue weighted by atomic mass is 32.2. The van der Waals surface area contributed by atoms with Crippen molar-refractivity contribution in [2.75, 3.05) is 19.9 Å². The SMILES string of the molecule is COc1ccc(CN(C)C(=O)CSc2nnc3sc4ccccc4n23)cc1. The Morgan fingerprint density at radius 2 is 1.96 bits per heavy atom. The first-order chi connectivity index (χ1) is 13.2. The van der Waals surface area contributed by atoms with Gasteiger partial charge in [0.25, 0.3) is 0 Å². The number of hydrogen-bond acceptors (Lipinski definition) is 6. The molecule has 0 atom stereocenters. The maximum Gasteiger partial charge on any atom is 0.233 e. The van der Waals surface area contributed by atoms with Crippen molar-refractivity contribution in [2.24, 2.45) is 0 Å². The van der Waals surface area contributed by atoms with E-state index in [9.17, 15) is 4.79 Å². The van der Waals surface area contributed by atoms with Crippen molar-refractivity contribution in [3.05, 3.63) is 54.1 Å². The molecule has 138 valence electrons. The standard InChI is InChI=1S/C19H18N4O2S2/c1-22(11-13-7-9-14(25-2)10-8-13)17(24)12-26-18-20-21-19-23(18)15-5-3-4-6-16(15)27-19/h3-10H,11-12H2,1-2H3. The summed E-state index contributed by atoms with van der Waals surface area (Å²) in [6.45, 7) is 0.556. The number of amides is 1. The van der Waals surface area contributed by atoms with Gasteiger partial charge in [-0.1, -0.05) is 47.4 Å². The van der Waals surface area contributed by atoms with Gasteiger partial charge in [0.15, 0.2) is 5.16 Å². The van der Waals surface area contributed by atoms with E-state index >= 15 is 0 Å². The van der Waals surface area contributed by atoms with Crippen LogP contribution in [0.2, 0.25) is 0 Å². The molecule has 2 aromatic carbocycles. The van der Waals surface area contributed by atoms with E-state index in [4.69, 9.17) is 4.74 Å². The number of rotatable bonds is 6. The van der Waals surface area contributed by atoms with Gasteiger partial charge in [0.2, 0.25) is 10.9 Å². The second-order valence-electron chi connectivity index (χ2n) is 6.06. The van der Waals surface area contributed by atoms with Crippen LogP contribution in [0.3, 0.4) is 0 Å². The van der Waals surface area contributed by atoms with E-state index in [2.05, 4.69) is 16.3 Å². The van der Waals surface area contributed by atoms with Gasteiger partial charge in [-0.25, -0.2) is 0 Å². The molecule has 0 aliphatic carbocycles. The van der Waals surface area contributed by atoms with Gasteiger partial charge in [-0.3, -0.25) is 9.20 Å². The predicted molar refractivity (Wildman–Crippen MR) is 109 cm³/mol. The normalized spacial score (nSPS) is 11.2. The number of fused-ring (bicyclic) bond motifs is 3. The maximum atomic E-state index is 12.5. The van der Waals surface area contributed by atoms with Crippen LogP contribution in [0, 0.1) is 0 Å². The first-order valence-electron chi connectivity index (χ1n) is 8.38. The number of carbonyl (C=O) groups excluding carboxylic acids is 1. The molecule has 0 saturated heterocycles. The van der Waals surface area contributed by atoms with Crippen molar-refractivity contribution in [3.8, 4) is 5.75 Å². The molecule has 4 aromatic rings. The van der Waals surface area contributed by atoms with Crippen molar-refractivity contribution in [1.82, 2.24) is 19.5 Å². The Morgan fingerprint density at radius 3 is 2.74 bits per heavy atom. The van der Waals surface area contributed by atoms with Crippen LogP contribution < -0.4 is 4.74 Å². The van der Waals surface area contributed by atoms with Crippen LogP contribution in [0.25, 0.3) is 15.2 Å². The van der Waals surface area contributed by atoms with Crippen LogP contribution in [0.4, 0.5) is 0 Å². The lowest BCUT2D eigenvalue weighted by Crippen LogP contribution is -2.27. The summed E-state index contributed by atoms with van der Waals surface area (Å²) in [6, 6.07) is 15.9. The van der Waals surface area contributed by atoms with Crippen LogP contribution in [0.1, 0.15) is 5.56 Å². The molecule has 0 N–H and O–H groups in total. The van der Waals surface area contributed by atoms with E-state index in [1.165, 1.54) is 11.8 Å². The molecule has 8 heteroatoms. The quantitative estimate of drug-likeness (QED) is 0.464. The number of aromatic nitrogens is 3. The summed E-state index contributed by atoms with van der Waals surface area (Å²) < 4.78 is 8.34. The van der Waals surface area contributed by atoms with Gasteiger partial charge in [0, 0.05) is 13.6 Å². The van der Waals surface area contributed by atoms with E-state index in [1.54, 1.807) is 23.3 Å². The van der Waals surface area contributed by atoms with Crippen LogP contribution in [0.5, 0.6) is 5.75 Å². The molecule has 2 heterocycles. The Bertz CT molecular complexity index is 1090. The Kier molecular flexibility index (Phi) is 5.00. The highest BCUT2D eigenvalue weighted by Gasteiger charge is 2.16. The third-order valence-electron chi connectivity index (χ3n) is 4.24. The Morgan fingerprint density at radius 1 is 1.19 bits per heavy atom. The molecule has 0 radical (unpaired) electrons. The van der Waals surface area contributed by atoms with Gasteiger partial charge in [0.05, 0.1) is 23.1 Å². The molecule has 0 spiro atoms. The second-order valence-corrected chi connectivity index (χ2v) is 8.01. The highest BCUT2D eigenvalue weighted by molar-refractivity contribution is 7.99. The molecule has 6 nitrogen and oxygen atoms in total. The fraction of sp³-hybridized carbons (Fsp3) is 0.211. The Balaban J connectivity index is 1.43. The number of carbonyl (C=O) groups is 1. The fourth-order valence-electron chi connectivity index (χ4n) is 2.78. The average Bonchev–Trinajstić information content (AvgIpc) is 3.26. The number of thioether (sulfide) groups is 1. The van der Waals surface area contributed by atoms with E-state index in [0.717, 1.165) is 31.6 Å². The van der Waals surface area contributed by atoms with Crippen LogP contribution in [-0.4, -0.2) is 45.3 Å². The lowest BCUT2D eigenvalue weighted by molar-refractivity contribution is -0.127. The van der Waals surface area contributed by atoms with Gasteiger partial charge in [0.1, 0.15) is 5.75 Å². The minimum atomic E-state index is 0.0482. The molecule has 0 fully saturated rings. The van der Waals surface area contributed by atoms with Crippen molar-refractivity contribution in [1.29, 1.82) is 0 Å². The van der Waals surface area contributed by atoms with Crippen LogP contribution in [-0.2, 0) is 11.3 Å². The molecule has 0 bridgehead atoms. The third-order valence-corrected chi connectivity index (χ3v) is 6.17. The number of methoxy groups -OCH3 is 1. The van der Waals surface area contributed by atoms with Crippen molar-refractivity contribution >= 4 is 44.2 Å². The van der Waals surface area contributed by atoms with Gasteiger partial charge in [-0.15, -0.1) is 10.2 Å². The lowest BCUT2D eigenvalue weighted by Gasteiger charge is -2.17. The van der Waals surface area contributed by atoms with E-state index in [-0.39, 0.29) is 5.91 Å². The molecular formula is C19H18N4O2S2. The van der Waals surface area contributed by atoms with E-state index in [0.29, 0.717) is 12.3 Å². The third kappa shape index (κ3) is 3.63. The van der Waals surface area contributed by atoms with Gasteiger partial charge < -0.3 is 9.64 Å². The average molecular weight is 399 g/mol. The summed E-state index contributed by atoms with van der Waals surface area (Å²) in [5, 5.41) is 9.22. The number of hydrogen-bond donors (Lipinski definition) is 0. The Labute approximate surface area is 164 Å². The van der Waals surface area contributed by atoms with E-state index in [1.807, 2.05) is 53.9 Å². The monoisotopic (exact) mass is 398 g/mol. The highest BCUT2D eigenvalue weighted by Crippen LogP contribution is 2.29. The molecule has 0 saturated carbocycles. The molecule has 4 rings (SSSR count). The maximum absolute atomic E-state index is 12.5. The van der Waals surface area contributed by atoms with Gasteiger partial charge >= 0.3 is 0 Å². The number of benzene rings is 2. The molecule has 0 aliphatic rings. The zero-order valence-electron chi connectivity index (χ0n) is 15.0. The first kappa shape index (κ1) is 17.8. The topological polar surface area (TPSA) is 59.7 Å². The Hall–Kier alpha value is -2.58. The predicted octanol–water partition coefficient (Wildman–Crippen LogP) is 3.70. The summed E-state index contributed by atoms with van der Waals surface area (Å²) in [5.41, 5.74) is 2.13. The summed E-state index contributed by atoms with van der Waals surface area (Å²) >= 11 is 3.01. The van der Waals surface area contributed by atoms with E-state index < -0.39 is 0 Å². The number of ether oxygens (including phenoxy) is 1. The number of para-hydroxylation sites is 1. The largest absolute Gasteiger partial charge is 0.497 e.